The summed E-state index contributed by atoms with van der Waals surface area (Å²) in [7, 11) is 4.29. The van der Waals surface area contributed by atoms with Crippen LogP contribution in [0.5, 0.6) is 0 Å². The molecule has 4 heteroatoms. The lowest BCUT2D eigenvalue weighted by molar-refractivity contribution is 0.133. The SMILES string of the molecule is CSCCN1CCN(Cc2cccc(C(C)N(C)C)c2)CC1. The van der Waals surface area contributed by atoms with Gasteiger partial charge < -0.3 is 4.90 Å². The molecule has 1 aliphatic rings. The summed E-state index contributed by atoms with van der Waals surface area (Å²) >= 11 is 1.95. The van der Waals surface area contributed by atoms with Gasteiger partial charge >= 0.3 is 0 Å². The molecule has 0 aliphatic carbocycles. The van der Waals surface area contributed by atoms with E-state index in [0.717, 1.165) is 6.54 Å². The summed E-state index contributed by atoms with van der Waals surface area (Å²) in [5.74, 6) is 1.25. The Morgan fingerprint density at radius 2 is 1.82 bits per heavy atom. The monoisotopic (exact) mass is 321 g/mol. The van der Waals surface area contributed by atoms with Gasteiger partial charge in [0.15, 0.2) is 0 Å². The van der Waals surface area contributed by atoms with Gasteiger partial charge in [0.05, 0.1) is 0 Å². The summed E-state index contributed by atoms with van der Waals surface area (Å²) in [5, 5.41) is 0. The van der Waals surface area contributed by atoms with Gasteiger partial charge in [0, 0.05) is 51.1 Å². The predicted octanol–water partition coefficient (Wildman–Crippen LogP) is 2.79. The van der Waals surface area contributed by atoms with Gasteiger partial charge in [-0.05, 0) is 38.4 Å². The van der Waals surface area contributed by atoms with Crippen LogP contribution < -0.4 is 0 Å². The maximum Gasteiger partial charge on any atom is 0.0313 e. The van der Waals surface area contributed by atoms with Gasteiger partial charge in [-0.3, -0.25) is 9.80 Å². The Morgan fingerprint density at radius 3 is 2.45 bits per heavy atom. The Bertz CT molecular complexity index is 442. The van der Waals surface area contributed by atoms with Gasteiger partial charge in [-0.2, -0.15) is 11.8 Å². The fourth-order valence-corrected chi connectivity index (χ4v) is 3.34. The van der Waals surface area contributed by atoms with E-state index in [-0.39, 0.29) is 0 Å². The van der Waals surface area contributed by atoms with Gasteiger partial charge in [0.1, 0.15) is 0 Å². The van der Waals surface area contributed by atoms with E-state index in [4.69, 9.17) is 0 Å². The Hall–Kier alpha value is -0.550. The first-order chi connectivity index (χ1) is 10.6. The second-order valence-corrected chi connectivity index (χ2v) is 7.48. The van der Waals surface area contributed by atoms with Crippen molar-refractivity contribution >= 4 is 11.8 Å². The highest BCUT2D eigenvalue weighted by atomic mass is 32.2. The van der Waals surface area contributed by atoms with Crippen LogP contribution in [0.25, 0.3) is 0 Å². The molecule has 0 radical (unpaired) electrons. The van der Waals surface area contributed by atoms with E-state index in [0.29, 0.717) is 6.04 Å². The summed E-state index contributed by atoms with van der Waals surface area (Å²) in [6.07, 6.45) is 2.19. The molecule has 0 aromatic heterocycles. The summed E-state index contributed by atoms with van der Waals surface area (Å²) < 4.78 is 0. The number of nitrogens with zero attached hydrogens (tertiary/aromatic N) is 3. The van der Waals surface area contributed by atoms with Crippen molar-refractivity contribution in [3.05, 3.63) is 35.4 Å². The molecule has 1 aliphatic heterocycles. The molecule has 1 atom stereocenters. The van der Waals surface area contributed by atoms with Crippen molar-refractivity contribution < 1.29 is 0 Å². The molecule has 0 N–H and O–H groups in total. The third-order valence-electron chi connectivity index (χ3n) is 4.69. The van der Waals surface area contributed by atoms with Crippen molar-refractivity contribution in [1.82, 2.24) is 14.7 Å². The van der Waals surface area contributed by atoms with Crippen LogP contribution in [0.2, 0.25) is 0 Å². The summed E-state index contributed by atoms with van der Waals surface area (Å²) in [6.45, 7) is 9.42. The first kappa shape index (κ1) is 17.8. The summed E-state index contributed by atoms with van der Waals surface area (Å²) in [4.78, 5) is 7.45. The van der Waals surface area contributed by atoms with Crippen LogP contribution in [0, 0.1) is 0 Å². The van der Waals surface area contributed by atoms with Crippen molar-refractivity contribution in [2.24, 2.45) is 0 Å². The molecule has 3 nitrogen and oxygen atoms in total. The van der Waals surface area contributed by atoms with E-state index in [9.17, 15) is 0 Å². The van der Waals surface area contributed by atoms with Crippen molar-refractivity contribution in [2.75, 3.05) is 58.8 Å². The van der Waals surface area contributed by atoms with Crippen molar-refractivity contribution in [1.29, 1.82) is 0 Å². The highest BCUT2D eigenvalue weighted by molar-refractivity contribution is 7.98. The lowest BCUT2D eigenvalue weighted by Crippen LogP contribution is -2.46. The number of hydrogen-bond donors (Lipinski definition) is 0. The molecule has 1 aromatic rings. The third kappa shape index (κ3) is 5.27. The molecule has 0 spiro atoms. The minimum Gasteiger partial charge on any atom is -0.303 e. The average Bonchev–Trinajstić information content (AvgIpc) is 2.53. The van der Waals surface area contributed by atoms with Crippen LogP contribution in [0.3, 0.4) is 0 Å². The van der Waals surface area contributed by atoms with Crippen molar-refractivity contribution in [2.45, 2.75) is 19.5 Å². The Morgan fingerprint density at radius 1 is 1.14 bits per heavy atom. The normalized spacial score (nSPS) is 18.8. The summed E-state index contributed by atoms with van der Waals surface area (Å²) in [5.41, 5.74) is 2.87. The second-order valence-electron chi connectivity index (χ2n) is 6.50. The maximum atomic E-state index is 2.59. The molecule has 1 saturated heterocycles. The van der Waals surface area contributed by atoms with E-state index in [1.165, 1.54) is 49.6 Å². The highest BCUT2D eigenvalue weighted by Gasteiger charge is 2.17. The largest absolute Gasteiger partial charge is 0.303 e. The van der Waals surface area contributed by atoms with E-state index in [2.05, 4.69) is 66.2 Å². The Labute approximate surface area is 140 Å². The molecule has 1 fully saturated rings. The van der Waals surface area contributed by atoms with Gasteiger partial charge in [-0.1, -0.05) is 24.3 Å². The van der Waals surface area contributed by atoms with E-state index >= 15 is 0 Å². The van der Waals surface area contributed by atoms with Crippen LogP contribution in [0.1, 0.15) is 24.1 Å². The quantitative estimate of drug-likeness (QED) is 0.763. The number of piperazine rings is 1. The molecule has 1 aromatic carbocycles. The van der Waals surface area contributed by atoms with Gasteiger partial charge in [-0.15, -0.1) is 0 Å². The number of rotatable bonds is 7. The van der Waals surface area contributed by atoms with Crippen LogP contribution in [-0.4, -0.2) is 73.5 Å². The minimum atomic E-state index is 0.475. The molecule has 0 saturated carbocycles. The van der Waals surface area contributed by atoms with E-state index in [1.54, 1.807) is 0 Å². The van der Waals surface area contributed by atoms with Crippen LogP contribution in [-0.2, 0) is 6.54 Å². The topological polar surface area (TPSA) is 9.72 Å². The lowest BCUT2D eigenvalue weighted by Gasteiger charge is -2.34. The average molecular weight is 322 g/mol. The highest BCUT2D eigenvalue weighted by Crippen LogP contribution is 2.19. The standard InChI is InChI=1S/C18H31N3S/c1-16(19(2)3)18-7-5-6-17(14-18)15-21-10-8-20(9-11-21)12-13-22-4/h5-7,14,16H,8-13,15H2,1-4H3. The second kappa shape index (κ2) is 8.92. The number of hydrogen-bond acceptors (Lipinski definition) is 4. The third-order valence-corrected chi connectivity index (χ3v) is 5.28. The first-order valence-electron chi connectivity index (χ1n) is 8.29. The molecule has 0 bridgehead atoms. The van der Waals surface area contributed by atoms with Gasteiger partial charge in [0.25, 0.3) is 0 Å². The molecular formula is C18H31N3S. The smallest absolute Gasteiger partial charge is 0.0313 e. The van der Waals surface area contributed by atoms with E-state index < -0.39 is 0 Å². The predicted molar refractivity (Wildman–Crippen MR) is 98.6 cm³/mol. The van der Waals surface area contributed by atoms with Gasteiger partial charge in [-0.25, -0.2) is 0 Å². The zero-order valence-electron chi connectivity index (χ0n) is 14.6. The summed E-state index contributed by atoms with van der Waals surface area (Å²) in [6, 6.07) is 9.58. The fraction of sp³-hybridized carbons (Fsp3) is 0.667. The van der Waals surface area contributed by atoms with Gasteiger partial charge in [0.2, 0.25) is 0 Å². The Kier molecular flexibility index (Phi) is 7.22. The lowest BCUT2D eigenvalue weighted by atomic mass is 10.0. The Balaban J connectivity index is 1.86. The van der Waals surface area contributed by atoms with Crippen LogP contribution >= 0.6 is 11.8 Å². The molecule has 1 unspecified atom stereocenters. The molecule has 1 heterocycles. The molecule has 22 heavy (non-hydrogen) atoms. The first-order valence-corrected chi connectivity index (χ1v) is 9.68. The maximum absolute atomic E-state index is 2.59. The molecule has 2 rings (SSSR count). The van der Waals surface area contributed by atoms with E-state index in [1.807, 2.05) is 11.8 Å². The molecular weight excluding hydrogens is 290 g/mol. The molecule has 0 amide bonds. The van der Waals surface area contributed by atoms with Crippen LogP contribution in [0.4, 0.5) is 0 Å². The number of benzene rings is 1. The zero-order chi connectivity index (χ0) is 15.9. The number of thioether (sulfide) groups is 1. The minimum absolute atomic E-state index is 0.475. The van der Waals surface area contributed by atoms with Crippen molar-refractivity contribution in [3.8, 4) is 0 Å². The zero-order valence-corrected chi connectivity index (χ0v) is 15.4. The van der Waals surface area contributed by atoms with Crippen LogP contribution in [0.15, 0.2) is 24.3 Å². The molecule has 124 valence electrons. The van der Waals surface area contributed by atoms with Crippen molar-refractivity contribution in [3.63, 3.8) is 0 Å². The fourth-order valence-electron chi connectivity index (χ4n) is 2.90.